The van der Waals surface area contributed by atoms with Crippen LogP contribution in [0.1, 0.15) is 99.3 Å². The fourth-order valence-electron chi connectivity index (χ4n) is 9.55. The second kappa shape index (κ2) is 10.9. The van der Waals surface area contributed by atoms with E-state index in [0.717, 1.165) is 44.9 Å². The summed E-state index contributed by atoms with van der Waals surface area (Å²) in [6.45, 7) is 12.0. The second-order valence-corrected chi connectivity index (χ2v) is 13.0. The highest BCUT2D eigenvalue weighted by Crippen LogP contribution is 2.68. The van der Waals surface area contributed by atoms with E-state index < -0.39 is 6.10 Å². The van der Waals surface area contributed by atoms with E-state index in [1.807, 2.05) is 6.92 Å². The molecule has 0 bridgehead atoms. The van der Waals surface area contributed by atoms with Gasteiger partial charge in [-0.15, -0.1) is 0 Å². The molecular weight excluding hydrogens is 472 g/mol. The molecule has 4 saturated carbocycles. The molecule has 0 unspecified atom stereocenters. The van der Waals surface area contributed by atoms with Gasteiger partial charge in [-0.2, -0.15) is 0 Å². The quantitative estimate of drug-likeness (QED) is 0.370. The van der Waals surface area contributed by atoms with Crippen molar-refractivity contribution < 1.29 is 33.7 Å². The number of fused-ring (bicyclic) bond motifs is 5. The molecule has 4 rings (SSSR count). The minimum atomic E-state index is -0.434. The fraction of sp³-hybridized carbons (Fsp3) is 0.900. The third-order valence-electron chi connectivity index (χ3n) is 11.2. The summed E-state index contributed by atoms with van der Waals surface area (Å²) in [5.41, 5.74) is -0.250. The Hall–Kier alpha value is -1.63. The molecule has 7 heteroatoms. The summed E-state index contributed by atoms with van der Waals surface area (Å²) >= 11 is 0. The third-order valence-corrected chi connectivity index (χ3v) is 11.2. The molecule has 0 aromatic heterocycles. The lowest BCUT2D eigenvalue weighted by Gasteiger charge is -2.64. The van der Waals surface area contributed by atoms with Gasteiger partial charge in [0, 0.05) is 26.2 Å². The first-order valence-electron chi connectivity index (χ1n) is 14.6. The molecule has 37 heavy (non-hydrogen) atoms. The first-order chi connectivity index (χ1) is 17.4. The lowest BCUT2D eigenvalue weighted by molar-refractivity contribution is -0.218. The molecule has 0 aromatic rings. The maximum absolute atomic E-state index is 12.3. The van der Waals surface area contributed by atoms with Crippen LogP contribution in [-0.2, 0) is 28.6 Å². The zero-order valence-corrected chi connectivity index (χ0v) is 23.7. The maximum atomic E-state index is 12.3. The molecule has 0 aliphatic heterocycles. The molecule has 0 spiro atoms. The Kier molecular flexibility index (Phi) is 8.33. The Morgan fingerprint density at radius 1 is 0.973 bits per heavy atom. The maximum Gasteiger partial charge on any atom is 0.305 e. The topological polar surface area (TPSA) is 99.1 Å². The highest BCUT2D eigenvalue weighted by molar-refractivity contribution is 5.69. The number of rotatable bonds is 7. The number of carbonyl (C=O) groups is 3. The summed E-state index contributed by atoms with van der Waals surface area (Å²) < 4.78 is 16.8. The van der Waals surface area contributed by atoms with Crippen molar-refractivity contribution in [3.8, 4) is 0 Å². The first-order valence-corrected chi connectivity index (χ1v) is 14.6. The van der Waals surface area contributed by atoms with Gasteiger partial charge in [0.05, 0.1) is 12.7 Å². The van der Waals surface area contributed by atoms with E-state index in [4.69, 9.17) is 14.2 Å². The van der Waals surface area contributed by atoms with Crippen LogP contribution < -0.4 is 0 Å². The van der Waals surface area contributed by atoms with Crippen LogP contribution in [0.25, 0.3) is 0 Å². The van der Waals surface area contributed by atoms with Crippen LogP contribution in [0.4, 0.5) is 0 Å². The van der Waals surface area contributed by atoms with E-state index in [9.17, 15) is 19.5 Å². The van der Waals surface area contributed by atoms with Gasteiger partial charge < -0.3 is 19.3 Å². The Morgan fingerprint density at radius 3 is 2.32 bits per heavy atom. The average Bonchev–Trinajstić information content (AvgIpc) is 3.17. The number of aliphatic hydroxyl groups is 1. The molecule has 210 valence electrons. The summed E-state index contributed by atoms with van der Waals surface area (Å²) in [6, 6.07) is 0. The zero-order valence-electron chi connectivity index (χ0n) is 23.7. The highest BCUT2D eigenvalue weighted by atomic mass is 16.5. The summed E-state index contributed by atoms with van der Waals surface area (Å²) in [7, 11) is 0. The second-order valence-electron chi connectivity index (χ2n) is 13.0. The molecule has 7 nitrogen and oxygen atoms in total. The Bertz CT molecular complexity index is 872. The molecule has 4 aliphatic carbocycles. The number of carbonyl (C=O) groups excluding carboxylic acids is 3. The van der Waals surface area contributed by atoms with Crippen molar-refractivity contribution in [2.75, 3.05) is 6.61 Å². The van der Waals surface area contributed by atoms with Crippen molar-refractivity contribution >= 4 is 17.9 Å². The van der Waals surface area contributed by atoms with Crippen LogP contribution in [-0.4, -0.2) is 47.9 Å². The number of hydrogen-bond donors (Lipinski definition) is 1. The molecule has 1 N–H and O–H groups in total. The lowest BCUT2D eigenvalue weighted by atomic mass is 9.43. The number of hydrogen-bond acceptors (Lipinski definition) is 7. The van der Waals surface area contributed by atoms with Gasteiger partial charge in [-0.1, -0.05) is 20.8 Å². The predicted octanol–water partition coefficient (Wildman–Crippen LogP) is 5.07. The van der Waals surface area contributed by atoms with Gasteiger partial charge in [-0.05, 0) is 98.7 Å². The zero-order chi connectivity index (χ0) is 27.1. The van der Waals surface area contributed by atoms with Gasteiger partial charge in [-0.3, -0.25) is 14.4 Å². The van der Waals surface area contributed by atoms with Gasteiger partial charge >= 0.3 is 17.9 Å². The summed E-state index contributed by atoms with van der Waals surface area (Å²) in [5.74, 6) is 1.00. The van der Waals surface area contributed by atoms with Gasteiger partial charge in [-0.25, -0.2) is 0 Å². The van der Waals surface area contributed by atoms with E-state index in [0.29, 0.717) is 31.3 Å². The van der Waals surface area contributed by atoms with Crippen LogP contribution in [0.5, 0.6) is 0 Å². The van der Waals surface area contributed by atoms with E-state index in [1.165, 1.54) is 13.8 Å². The van der Waals surface area contributed by atoms with Crippen molar-refractivity contribution in [3.05, 3.63) is 0 Å². The van der Waals surface area contributed by atoms with Crippen LogP contribution in [0.3, 0.4) is 0 Å². The van der Waals surface area contributed by atoms with Crippen LogP contribution in [0.2, 0.25) is 0 Å². The van der Waals surface area contributed by atoms with Crippen molar-refractivity contribution in [1.29, 1.82) is 0 Å². The Balaban J connectivity index is 1.59. The number of aliphatic hydroxyl groups excluding tert-OH is 1. The molecule has 4 aliphatic rings. The number of ether oxygens (including phenoxy) is 3. The average molecular weight is 521 g/mol. The van der Waals surface area contributed by atoms with E-state index in [2.05, 4.69) is 20.8 Å². The molecule has 0 saturated heterocycles. The number of esters is 3. The van der Waals surface area contributed by atoms with E-state index >= 15 is 0 Å². The van der Waals surface area contributed by atoms with Crippen molar-refractivity contribution in [3.63, 3.8) is 0 Å². The third kappa shape index (κ3) is 5.18. The smallest absolute Gasteiger partial charge is 0.305 e. The predicted molar refractivity (Wildman–Crippen MR) is 138 cm³/mol. The van der Waals surface area contributed by atoms with Crippen LogP contribution >= 0.6 is 0 Å². The van der Waals surface area contributed by atoms with Crippen LogP contribution in [0, 0.1) is 46.3 Å². The molecular formula is C30H48O7. The van der Waals surface area contributed by atoms with Crippen molar-refractivity contribution in [2.45, 2.75) is 118 Å². The summed E-state index contributed by atoms with van der Waals surface area (Å²) in [4.78, 5) is 35.9. The molecule has 11 atom stereocenters. The monoisotopic (exact) mass is 520 g/mol. The van der Waals surface area contributed by atoms with Gasteiger partial charge in [0.2, 0.25) is 0 Å². The van der Waals surface area contributed by atoms with Crippen molar-refractivity contribution in [2.24, 2.45) is 46.3 Å². The van der Waals surface area contributed by atoms with E-state index in [-0.39, 0.29) is 64.6 Å². The Morgan fingerprint density at radius 2 is 1.68 bits per heavy atom. The summed E-state index contributed by atoms with van der Waals surface area (Å²) in [5, 5.41) is 11.8. The standard InChI is InChI=1S/C30H48O7/c1-7-35-27(34)11-8-17(2)22-9-10-23-28-24(16-26(33)30(22,23)6)29(5)13-12-21(36-18(3)31)14-20(29)15-25(28)37-19(4)32/h17,20-26,28,33H,7-16H2,1-6H3/t17-,20+,21-,22-,23+,24+,25+,26+,28+,29-,30-/m0/s1. The van der Waals surface area contributed by atoms with Gasteiger partial charge in [0.25, 0.3) is 0 Å². The lowest BCUT2D eigenvalue weighted by Crippen LogP contribution is -2.63. The minimum Gasteiger partial charge on any atom is -0.466 e. The van der Waals surface area contributed by atoms with Crippen LogP contribution in [0.15, 0.2) is 0 Å². The van der Waals surface area contributed by atoms with Gasteiger partial charge in [0.15, 0.2) is 0 Å². The van der Waals surface area contributed by atoms with E-state index in [1.54, 1.807) is 0 Å². The first kappa shape index (κ1) is 28.4. The molecule has 4 fully saturated rings. The Labute approximate surface area is 222 Å². The normalized spacial score (nSPS) is 43.5. The van der Waals surface area contributed by atoms with Gasteiger partial charge in [0.1, 0.15) is 12.2 Å². The fourth-order valence-corrected chi connectivity index (χ4v) is 9.55. The highest BCUT2D eigenvalue weighted by Gasteiger charge is 2.66. The molecule has 0 radical (unpaired) electrons. The molecule has 0 aromatic carbocycles. The minimum absolute atomic E-state index is 0.0217. The summed E-state index contributed by atoms with van der Waals surface area (Å²) in [6.07, 6.45) is 6.61. The SMILES string of the molecule is CCOC(=O)CC[C@H](C)[C@@H]1CC[C@@H]2[C@@H]3[C@@H](C[C@@H](O)[C@]21C)[C@@]1(C)CC[C@H](OC(C)=O)C[C@@H]1C[C@H]3OC(C)=O. The largest absolute Gasteiger partial charge is 0.466 e. The van der Waals surface area contributed by atoms with Crippen molar-refractivity contribution in [1.82, 2.24) is 0 Å². The molecule has 0 heterocycles. The molecule has 0 amide bonds.